The maximum Gasteiger partial charge on any atom is 0.0374 e. The molecule has 1 aliphatic carbocycles. The van der Waals surface area contributed by atoms with Gasteiger partial charge in [0.2, 0.25) is 0 Å². The van der Waals surface area contributed by atoms with Crippen molar-refractivity contribution < 1.29 is 0 Å². The second-order valence-corrected chi connectivity index (χ2v) is 5.04. The summed E-state index contributed by atoms with van der Waals surface area (Å²) >= 11 is 0. The summed E-state index contributed by atoms with van der Waals surface area (Å²) in [7, 11) is 0. The molecule has 0 amide bonds. The molecule has 1 aliphatic rings. The quantitative estimate of drug-likeness (QED) is 0.836. The highest BCUT2D eigenvalue weighted by Gasteiger charge is 2.23. The lowest BCUT2D eigenvalue weighted by molar-refractivity contribution is 0.332. The van der Waals surface area contributed by atoms with Gasteiger partial charge in [0.15, 0.2) is 0 Å². The van der Waals surface area contributed by atoms with E-state index in [0.29, 0.717) is 12.0 Å². The van der Waals surface area contributed by atoms with Crippen LogP contribution in [0.3, 0.4) is 0 Å². The second kappa shape index (κ2) is 6.06. The van der Waals surface area contributed by atoms with Crippen molar-refractivity contribution in [2.24, 2.45) is 11.7 Å². The van der Waals surface area contributed by atoms with Gasteiger partial charge in [0.1, 0.15) is 0 Å². The Labute approximate surface area is 105 Å². The standard InChI is InChI=1S/C15H24N2/c1-2-12-7-3-5-9-14(12)17-15-10-6-4-8-13(15)11-16/h3,5,7,9,13,15,17H,2,4,6,8,10-11,16H2,1H3. The van der Waals surface area contributed by atoms with Crippen LogP contribution in [-0.2, 0) is 6.42 Å². The predicted molar refractivity (Wildman–Crippen MR) is 74.2 cm³/mol. The Morgan fingerprint density at radius 1 is 1.24 bits per heavy atom. The molecule has 0 saturated heterocycles. The average Bonchev–Trinajstić information content (AvgIpc) is 2.40. The molecule has 94 valence electrons. The first-order chi connectivity index (χ1) is 8.35. The summed E-state index contributed by atoms with van der Waals surface area (Å²) in [5.41, 5.74) is 8.59. The molecule has 1 aromatic carbocycles. The Kier molecular flexibility index (Phi) is 4.43. The lowest BCUT2D eigenvalue weighted by Gasteiger charge is -2.32. The highest BCUT2D eigenvalue weighted by molar-refractivity contribution is 5.51. The SMILES string of the molecule is CCc1ccccc1NC1CCCCC1CN. The first kappa shape index (κ1) is 12.4. The van der Waals surface area contributed by atoms with Gasteiger partial charge in [0.25, 0.3) is 0 Å². The van der Waals surface area contributed by atoms with E-state index in [1.807, 2.05) is 0 Å². The molecule has 0 aliphatic heterocycles. The highest BCUT2D eigenvalue weighted by atomic mass is 14.9. The van der Waals surface area contributed by atoms with Crippen molar-refractivity contribution >= 4 is 5.69 Å². The largest absolute Gasteiger partial charge is 0.382 e. The van der Waals surface area contributed by atoms with Crippen molar-refractivity contribution in [1.29, 1.82) is 0 Å². The lowest BCUT2D eigenvalue weighted by Crippen LogP contribution is -2.36. The Morgan fingerprint density at radius 2 is 2.00 bits per heavy atom. The summed E-state index contributed by atoms with van der Waals surface area (Å²) in [5.74, 6) is 0.647. The predicted octanol–water partition coefficient (Wildman–Crippen LogP) is 3.18. The fourth-order valence-electron chi connectivity index (χ4n) is 2.85. The summed E-state index contributed by atoms with van der Waals surface area (Å²) in [5, 5.41) is 3.72. The van der Waals surface area contributed by atoms with Crippen LogP contribution in [0.1, 0.15) is 38.2 Å². The minimum atomic E-state index is 0.571. The number of benzene rings is 1. The van der Waals surface area contributed by atoms with Crippen LogP contribution in [0.5, 0.6) is 0 Å². The fourth-order valence-corrected chi connectivity index (χ4v) is 2.85. The van der Waals surface area contributed by atoms with E-state index >= 15 is 0 Å². The van der Waals surface area contributed by atoms with Gasteiger partial charge >= 0.3 is 0 Å². The molecular formula is C15H24N2. The molecule has 1 fully saturated rings. The molecule has 2 rings (SSSR count). The topological polar surface area (TPSA) is 38.0 Å². The Morgan fingerprint density at radius 3 is 2.76 bits per heavy atom. The molecule has 2 atom stereocenters. The molecule has 0 bridgehead atoms. The summed E-state index contributed by atoms with van der Waals surface area (Å²) in [6.45, 7) is 3.02. The molecule has 0 heterocycles. The van der Waals surface area contributed by atoms with Crippen LogP contribution < -0.4 is 11.1 Å². The van der Waals surface area contributed by atoms with Gasteiger partial charge in [0.05, 0.1) is 0 Å². The first-order valence-corrected chi connectivity index (χ1v) is 6.89. The number of nitrogens with two attached hydrogens (primary N) is 1. The normalized spacial score (nSPS) is 24.6. The summed E-state index contributed by atoms with van der Waals surface area (Å²) in [4.78, 5) is 0. The van der Waals surface area contributed by atoms with Crippen LogP contribution in [-0.4, -0.2) is 12.6 Å². The van der Waals surface area contributed by atoms with E-state index in [9.17, 15) is 0 Å². The number of aryl methyl sites for hydroxylation is 1. The molecular weight excluding hydrogens is 208 g/mol. The van der Waals surface area contributed by atoms with Gasteiger partial charge < -0.3 is 11.1 Å². The third kappa shape index (κ3) is 3.01. The first-order valence-electron chi connectivity index (χ1n) is 6.89. The number of hydrogen-bond acceptors (Lipinski definition) is 2. The number of hydrogen-bond donors (Lipinski definition) is 2. The van der Waals surface area contributed by atoms with Crippen molar-refractivity contribution in [3.63, 3.8) is 0 Å². The highest BCUT2D eigenvalue weighted by Crippen LogP contribution is 2.27. The van der Waals surface area contributed by atoms with Crippen molar-refractivity contribution in [1.82, 2.24) is 0 Å². The van der Waals surface area contributed by atoms with Crippen LogP contribution in [0.4, 0.5) is 5.69 Å². The van der Waals surface area contributed by atoms with Gasteiger partial charge in [-0.2, -0.15) is 0 Å². The third-order valence-corrected chi connectivity index (χ3v) is 3.95. The molecule has 3 N–H and O–H groups in total. The van der Waals surface area contributed by atoms with E-state index < -0.39 is 0 Å². The van der Waals surface area contributed by atoms with E-state index in [-0.39, 0.29) is 0 Å². The van der Waals surface area contributed by atoms with Crippen LogP contribution in [0.15, 0.2) is 24.3 Å². The number of nitrogens with one attached hydrogen (secondary N) is 1. The van der Waals surface area contributed by atoms with Crippen LogP contribution >= 0.6 is 0 Å². The lowest BCUT2D eigenvalue weighted by atomic mass is 9.84. The Hall–Kier alpha value is -1.02. The molecule has 1 aromatic rings. The van der Waals surface area contributed by atoms with E-state index in [0.717, 1.165) is 13.0 Å². The van der Waals surface area contributed by atoms with Gasteiger partial charge in [-0.05, 0) is 43.4 Å². The third-order valence-electron chi connectivity index (χ3n) is 3.95. The summed E-state index contributed by atoms with van der Waals surface area (Å²) in [6.07, 6.45) is 6.31. The van der Waals surface area contributed by atoms with Gasteiger partial charge in [-0.3, -0.25) is 0 Å². The molecule has 17 heavy (non-hydrogen) atoms. The molecule has 0 aromatic heterocycles. The van der Waals surface area contributed by atoms with Crippen LogP contribution in [0.25, 0.3) is 0 Å². The maximum atomic E-state index is 5.88. The Balaban J connectivity index is 2.08. The van der Waals surface area contributed by atoms with E-state index in [4.69, 9.17) is 5.73 Å². The Bertz CT molecular complexity index is 349. The molecule has 0 spiro atoms. The van der Waals surface area contributed by atoms with Crippen molar-refractivity contribution in [3.8, 4) is 0 Å². The summed E-state index contributed by atoms with van der Waals surface area (Å²) in [6, 6.07) is 9.21. The van der Waals surface area contributed by atoms with Crippen LogP contribution in [0, 0.1) is 5.92 Å². The number of rotatable bonds is 4. The minimum absolute atomic E-state index is 0.571. The summed E-state index contributed by atoms with van der Waals surface area (Å²) < 4.78 is 0. The smallest absolute Gasteiger partial charge is 0.0374 e. The van der Waals surface area contributed by atoms with Crippen molar-refractivity contribution in [3.05, 3.63) is 29.8 Å². The maximum absolute atomic E-state index is 5.88. The van der Waals surface area contributed by atoms with Crippen molar-refractivity contribution in [2.75, 3.05) is 11.9 Å². The monoisotopic (exact) mass is 232 g/mol. The molecule has 0 radical (unpaired) electrons. The zero-order valence-electron chi connectivity index (χ0n) is 10.8. The zero-order chi connectivity index (χ0) is 12.1. The van der Waals surface area contributed by atoms with Crippen LogP contribution in [0.2, 0.25) is 0 Å². The minimum Gasteiger partial charge on any atom is -0.382 e. The van der Waals surface area contributed by atoms with E-state index in [1.165, 1.54) is 36.9 Å². The molecule has 2 heteroatoms. The van der Waals surface area contributed by atoms with Gasteiger partial charge in [-0.15, -0.1) is 0 Å². The van der Waals surface area contributed by atoms with Gasteiger partial charge in [-0.25, -0.2) is 0 Å². The van der Waals surface area contributed by atoms with Crippen molar-refractivity contribution in [2.45, 2.75) is 45.1 Å². The van der Waals surface area contributed by atoms with E-state index in [1.54, 1.807) is 0 Å². The average molecular weight is 232 g/mol. The zero-order valence-corrected chi connectivity index (χ0v) is 10.8. The number of anilines is 1. The second-order valence-electron chi connectivity index (χ2n) is 5.04. The molecule has 2 unspecified atom stereocenters. The number of para-hydroxylation sites is 1. The van der Waals surface area contributed by atoms with Gasteiger partial charge in [0, 0.05) is 11.7 Å². The van der Waals surface area contributed by atoms with E-state index in [2.05, 4.69) is 36.5 Å². The fraction of sp³-hybridized carbons (Fsp3) is 0.600. The molecule has 1 saturated carbocycles. The van der Waals surface area contributed by atoms with Gasteiger partial charge in [-0.1, -0.05) is 38.0 Å². The molecule has 2 nitrogen and oxygen atoms in total.